The Morgan fingerprint density at radius 2 is 1.76 bits per heavy atom. The van der Waals surface area contributed by atoms with E-state index in [0.29, 0.717) is 31.3 Å². The maximum absolute atomic E-state index is 13.5. The van der Waals surface area contributed by atoms with Crippen molar-refractivity contribution in [2.24, 2.45) is 0 Å². The minimum absolute atomic E-state index is 0.204. The summed E-state index contributed by atoms with van der Waals surface area (Å²) in [5.41, 5.74) is 2.79. The fourth-order valence-electron chi connectivity index (χ4n) is 3.45. The number of aryl methyl sites for hydroxylation is 1. The van der Waals surface area contributed by atoms with Crippen LogP contribution in [0, 0.1) is 0 Å². The van der Waals surface area contributed by atoms with Crippen molar-refractivity contribution in [3.8, 4) is 17.2 Å². The van der Waals surface area contributed by atoms with Crippen molar-refractivity contribution in [1.29, 1.82) is 0 Å². The molecule has 0 aliphatic carbocycles. The first-order chi connectivity index (χ1) is 16.0. The molecule has 0 amide bonds. The number of hydrogen-bond donors (Lipinski definition) is 0. The molecular formula is C28H33NO4. The van der Waals surface area contributed by atoms with Gasteiger partial charge in [0, 0.05) is 18.0 Å². The molecule has 0 aliphatic rings. The number of benzene rings is 2. The number of nitrogens with zero attached hydrogens (tertiary/aromatic N) is 1. The highest BCUT2D eigenvalue weighted by Gasteiger charge is 2.20. The molecule has 0 aliphatic heterocycles. The average Bonchev–Trinajstić information content (AvgIpc) is 2.82. The maximum Gasteiger partial charge on any atom is 0.297 e. The summed E-state index contributed by atoms with van der Waals surface area (Å²) in [6.45, 7) is 11.5. The molecule has 33 heavy (non-hydrogen) atoms. The minimum Gasteiger partial charge on any atom is -0.489 e. The van der Waals surface area contributed by atoms with Crippen molar-refractivity contribution in [3.05, 3.63) is 88.8 Å². The molecule has 1 heterocycles. The molecule has 0 unspecified atom stereocenters. The Labute approximate surface area is 195 Å². The third-order valence-electron chi connectivity index (χ3n) is 5.20. The molecule has 174 valence electrons. The zero-order valence-corrected chi connectivity index (χ0v) is 19.8. The standard InChI is InChI=1S/C28H33NO4/c1-5-7-16-29-25-19-23(33-20-22-11-9-8-10-12-22)13-14-24(25)26(32-18-15-21(3)4)27(28(29)30)31-17-6-2/h6,8-15,19H,2,5,7,16-18,20H2,1,3-4H3. The van der Waals surface area contributed by atoms with Crippen molar-refractivity contribution in [2.45, 2.75) is 46.8 Å². The second-order valence-electron chi connectivity index (χ2n) is 8.11. The van der Waals surface area contributed by atoms with Crippen LogP contribution in [-0.4, -0.2) is 17.8 Å². The molecule has 0 atom stereocenters. The first-order valence-electron chi connectivity index (χ1n) is 11.4. The molecular weight excluding hydrogens is 414 g/mol. The lowest BCUT2D eigenvalue weighted by Crippen LogP contribution is -2.24. The van der Waals surface area contributed by atoms with Gasteiger partial charge in [0.05, 0.1) is 5.52 Å². The molecule has 0 saturated carbocycles. The summed E-state index contributed by atoms with van der Waals surface area (Å²) in [6.07, 6.45) is 5.45. The first-order valence-corrected chi connectivity index (χ1v) is 11.4. The molecule has 5 heteroatoms. The number of aromatic nitrogens is 1. The Hall–Kier alpha value is -3.47. The van der Waals surface area contributed by atoms with Crippen LogP contribution in [0.15, 0.2) is 77.6 Å². The van der Waals surface area contributed by atoms with E-state index in [1.54, 1.807) is 10.6 Å². The zero-order chi connectivity index (χ0) is 23.6. The molecule has 0 fully saturated rings. The number of unbranched alkanes of at least 4 members (excludes halogenated alkanes) is 1. The van der Waals surface area contributed by atoms with E-state index in [0.717, 1.165) is 34.9 Å². The Balaban J connectivity index is 2.09. The number of rotatable bonds is 12. The van der Waals surface area contributed by atoms with E-state index in [9.17, 15) is 4.79 Å². The van der Waals surface area contributed by atoms with Crippen LogP contribution in [-0.2, 0) is 13.2 Å². The van der Waals surface area contributed by atoms with E-state index < -0.39 is 0 Å². The summed E-state index contributed by atoms with van der Waals surface area (Å²) in [7, 11) is 0. The summed E-state index contributed by atoms with van der Waals surface area (Å²) in [5, 5.41) is 0.819. The van der Waals surface area contributed by atoms with Crippen molar-refractivity contribution in [1.82, 2.24) is 4.57 Å². The van der Waals surface area contributed by atoms with Gasteiger partial charge in [0.25, 0.3) is 5.56 Å². The van der Waals surface area contributed by atoms with E-state index in [4.69, 9.17) is 14.2 Å². The monoisotopic (exact) mass is 447 g/mol. The van der Waals surface area contributed by atoms with E-state index in [1.165, 1.54) is 0 Å². The van der Waals surface area contributed by atoms with Crippen LogP contribution >= 0.6 is 0 Å². The SMILES string of the molecule is C=CCOc1c(OCC=C(C)C)c2ccc(OCc3ccccc3)cc2n(CCCC)c1=O. The Bertz CT molecular complexity index is 1160. The van der Waals surface area contributed by atoms with Crippen LogP contribution in [0.2, 0.25) is 0 Å². The fraction of sp³-hybridized carbons (Fsp3) is 0.321. The third-order valence-corrected chi connectivity index (χ3v) is 5.20. The predicted octanol–water partition coefficient (Wildman–Crippen LogP) is 6.29. The Morgan fingerprint density at radius 3 is 2.45 bits per heavy atom. The van der Waals surface area contributed by atoms with Crippen molar-refractivity contribution < 1.29 is 14.2 Å². The molecule has 0 radical (unpaired) electrons. The largest absolute Gasteiger partial charge is 0.489 e. The van der Waals surface area contributed by atoms with Gasteiger partial charge in [-0.1, -0.05) is 61.9 Å². The molecule has 0 bridgehead atoms. The molecule has 5 nitrogen and oxygen atoms in total. The molecule has 3 rings (SSSR count). The highest BCUT2D eigenvalue weighted by atomic mass is 16.5. The number of fused-ring (bicyclic) bond motifs is 1. The summed E-state index contributed by atoms with van der Waals surface area (Å²) in [5.74, 6) is 1.38. The van der Waals surface area contributed by atoms with Crippen LogP contribution in [0.25, 0.3) is 10.9 Å². The van der Waals surface area contributed by atoms with Gasteiger partial charge in [-0.25, -0.2) is 0 Å². The molecule has 0 saturated heterocycles. The van der Waals surface area contributed by atoms with E-state index in [1.807, 2.05) is 68.5 Å². The van der Waals surface area contributed by atoms with E-state index in [2.05, 4.69) is 13.5 Å². The van der Waals surface area contributed by atoms with Crippen LogP contribution in [0.3, 0.4) is 0 Å². The van der Waals surface area contributed by atoms with Gasteiger partial charge in [0.1, 0.15) is 25.6 Å². The van der Waals surface area contributed by atoms with E-state index in [-0.39, 0.29) is 17.9 Å². The molecule has 1 aromatic heterocycles. The second-order valence-corrected chi connectivity index (χ2v) is 8.11. The molecule has 2 aromatic carbocycles. The van der Waals surface area contributed by atoms with Gasteiger partial charge >= 0.3 is 0 Å². The van der Waals surface area contributed by atoms with E-state index >= 15 is 0 Å². The lowest BCUT2D eigenvalue weighted by Gasteiger charge is -2.19. The lowest BCUT2D eigenvalue weighted by atomic mass is 10.1. The van der Waals surface area contributed by atoms with Gasteiger partial charge in [-0.2, -0.15) is 0 Å². The van der Waals surface area contributed by atoms with Gasteiger partial charge in [0.2, 0.25) is 5.75 Å². The maximum atomic E-state index is 13.5. The van der Waals surface area contributed by atoms with Gasteiger partial charge in [-0.3, -0.25) is 4.79 Å². The minimum atomic E-state index is -0.204. The van der Waals surface area contributed by atoms with Crippen LogP contribution in [0.4, 0.5) is 0 Å². The molecule has 0 spiro atoms. The summed E-state index contributed by atoms with van der Waals surface area (Å²) < 4.78 is 19.7. The van der Waals surface area contributed by atoms with Crippen molar-refractivity contribution in [2.75, 3.05) is 13.2 Å². The smallest absolute Gasteiger partial charge is 0.297 e. The van der Waals surface area contributed by atoms with Gasteiger partial charge in [-0.05, 0) is 44.0 Å². The van der Waals surface area contributed by atoms with Crippen molar-refractivity contribution >= 4 is 10.9 Å². The highest BCUT2D eigenvalue weighted by Crippen LogP contribution is 2.35. The molecule has 0 N–H and O–H groups in total. The Kier molecular flexibility index (Phi) is 8.76. The molecule has 3 aromatic rings. The number of allylic oxidation sites excluding steroid dienone is 1. The van der Waals surface area contributed by atoms with Gasteiger partial charge < -0.3 is 18.8 Å². The summed E-state index contributed by atoms with van der Waals surface area (Å²) in [4.78, 5) is 13.5. The predicted molar refractivity (Wildman–Crippen MR) is 135 cm³/mol. The fourth-order valence-corrected chi connectivity index (χ4v) is 3.45. The van der Waals surface area contributed by atoms with Gasteiger partial charge in [0.15, 0.2) is 5.75 Å². The second kappa shape index (κ2) is 12.0. The quantitative estimate of drug-likeness (QED) is 0.306. The summed E-state index contributed by atoms with van der Waals surface area (Å²) >= 11 is 0. The number of hydrogen-bond acceptors (Lipinski definition) is 4. The summed E-state index contributed by atoms with van der Waals surface area (Å²) in [6, 6.07) is 15.8. The van der Waals surface area contributed by atoms with Crippen LogP contribution < -0.4 is 19.8 Å². The first kappa shape index (κ1) is 24.2. The number of ether oxygens (including phenoxy) is 3. The normalized spacial score (nSPS) is 10.6. The van der Waals surface area contributed by atoms with Crippen LogP contribution in [0.1, 0.15) is 39.2 Å². The topological polar surface area (TPSA) is 49.7 Å². The lowest BCUT2D eigenvalue weighted by molar-refractivity contribution is 0.302. The zero-order valence-electron chi connectivity index (χ0n) is 19.8. The highest BCUT2D eigenvalue weighted by molar-refractivity contribution is 5.89. The van der Waals surface area contributed by atoms with Crippen molar-refractivity contribution in [3.63, 3.8) is 0 Å². The van der Waals surface area contributed by atoms with Gasteiger partial charge in [-0.15, -0.1) is 0 Å². The number of pyridine rings is 1. The Morgan fingerprint density at radius 1 is 1.00 bits per heavy atom. The van der Waals surface area contributed by atoms with Crippen LogP contribution in [0.5, 0.6) is 17.2 Å². The average molecular weight is 448 g/mol. The third kappa shape index (κ3) is 6.28.